The molecule has 0 aromatic heterocycles. The molecule has 1 aromatic carbocycles. The van der Waals surface area contributed by atoms with Gasteiger partial charge in [0.1, 0.15) is 5.82 Å². The van der Waals surface area contributed by atoms with Gasteiger partial charge in [-0.15, -0.1) is 0 Å². The zero-order chi connectivity index (χ0) is 13.0. The van der Waals surface area contributed by atoms with Crippen LogP contribution < -0.4 is 5.32 Å². The predicted octanol–water partition coefficient (Wildman–Crippen LogP) is 3.05. The Bertz CT molecular complexity index is 451. The van der Waals surface area contributed by atoms with Gasteiger partial charge in [-0.1, -0.05) is 17.8 Å². The molecule has 0 saturated heterocycles. The molecule has 0 aliphatic carbocycles. The van der Waals surface area contributed by atoms with Gasteiger partial charge in [-0.2, -0.15) is 0 Å². The number of ether oxygens (including phenoxy) is 1. The summed E-state index contributed by atoms with van der Waals surface area (Å²) in [7, 11) is 1.69. The van der Waals surface area contributed by atoms with E-state index in [9.17, 15) is 4.39 Å². The molecule has 1 unspecified atom stereocenters. The first kappa shape index (κ1) is 13.4. The monoisotopic (exact) mass is 268 g/mol. The van der Waals surface area contributed by atoms with Crippen LogP contribution >= 0.6 is 11.8 Å². The molecule has 1 aromatic rings. The minimum atomic E-state index is -0.237. The molecular weight excluding hydrogens is 251 g/mol. The Morgan fingerprint density at radius 2 is 2.39 bits per heavy atom. The SMILES string of the molecule is COCCC1CSC(Nc2ccc(C)cc2F)=N1. The molecule has 1 N–H and O–H groups in total. The van der Waals surface area contributed by atoms with Crippen LogP contribution in [0, 0.1) is 12.7 Å². The molecule has 18 heavy (non-hydrogen) atoms. The fourth-order valence-electron chi connectivity index (χ4n) is 1.72. The molecular formula is C13H17FN2OS. The number of hydrogen-bond donors (Lipinski definition) is 1. The zero-order valence-electron chi connectivity index (χ0n) is 10.6. The Kier molecular flexibility index (Phi) is 4.60. The molecule has 1 atom stereocenters. The van der Waals surface area contributed by atoms with Crippen LogP contribution in [0.5, 0.6) is 0 Å². The Balaban J connectivity index is 1.97. The second kappa shape index (κ2) is 6.20. The average molecular weight is 268 g/mol. The second-order valence-corrected chi connectivity index (χ2v) is 5.30. The first-order chi connectivity index (χ1) is 8.69. The van der Waals surface area contributed by atoms with Gasteiger partial charge in [-0.25, -0.2) is 4.39 Å². The van der Waals surface area contributed by atoms with Crippen molar-refractivity contribution in [1.82, 2.24) is 0 Å². The highest BCUT2D eigenvalue weighted by Crippen LogP contribution is 2.23. The van der Waals surface area contributed by atoms with Crippen LogP contribution in [0.4, 0.5) is 10.1 Å². The van der Waals surface area contributed by atoms with Crippen molar-refractivity contribution >= 4 is 22.6 Å². The molecule has 0 amide bonds. The lowest BCUT2D eigenvalue weighted by Gasteiger charge is -2.06. The summed E-state index contributed by atoms with van der Waals surface area (Å²) in [5, 5.41) is 3.83. The molecule has 0 radical (unpaired) electrons. The summed E-state index contributed by atoms with van der Waals surface area (Å²) >= 11 is 1.63. The number of methoxy groups -OCH3 is 1. The highest BCUT2D eigenvalue weighted by atomic mass is 32.2. The van der Waals surface area contributed by atoms with E-state index < -0.39 is 0 Å². The van der Waals surface area contributed by atoms with Gasteiger partial charge < -0.3 is 10.1 Å². The maximum atomic E-state index is 13.7. The van der Waals surface area contributed by atoms with Gasteiger partial charge >= 0.3 is 0 Å². The topological polar surface area (TPSA) is 33.6 Å². The summed E-state index contributed by atoms with van der Waals surface area (Å²) in [6.07, 6.45) is 0.908. The van der Waals surface area contributed by atoms with E-state index >= 15 is 0 Å². The third-order valence-electron chi connectivity index (χ3n) is 2.73. The number of hydrogen-bond acceptors (Lipinski definition) is 4. The summed E-state index contributed by atoms with van der Waals surface area (Å²) in [6.45, 7) is 2.58. The molecule has 1 heterocycles. The van der Waals surface area contributed by atoms with Gasteiger partial charge in [-0.05, 0) is 31.0 Å². The lowest BCUT2D eigenvalue weighted by molar-refractivity contribution is 0.190. The highest BCUT2D eigenvalue weighted by molar-refractivity contribution is 8.14. The zero-order valence-corrected chi connectivity index (χ0v) is 11.4. The van der Waals surface area contributed by atoms with Crippen molar-refractivity contribution in [3.8, 4) is 0 Å². The first-order valence-electron chi connectivity index (χ1n) is 5.92. The minimum Gasteiger partial charge on any atom is -0.385 e. The normalized spacial score (nSPS) is 18.8. The van der Waals surface area contributed by atoms with E-state index in [1.165, 1.54) is 6.07 Å². The quantitative estimate of drug-likeness (QED) is 0.911. The number of halogens is 1. The van der Waals surface area contributed by atoms with Crippen LogP contribution in [0.15, 0.2) is 23.2 Å². The van der Waals surface area contributed by atoms with Gasteiger partial charge in [0.2, 0.25) is 0 Å². The number of benzene rings is 1. The third kappa shape index (κ3) is 3.46. The number of aryl methyl sites for hydroxylation is 1. The number of amidine groups is 1. The van der Waals surface area contributed by atoms with E-state index in [1.807, 2.05) is 13.0 Å². The van der Waals surface area contributed by atoms with E-state index in [0.29, 0.717) is 12.3 Å². The van der Waals surface area contributed by atoms with Crippen molar-refractivity contribution in [3.63, 3.8) is 0 Å². The smallest absolute Gasteiger partial charge is 0.161 e. The Morgan fingerprint density at radius 3 is 3.11 bits per heavy atom. The maximum Gasteiger partial charge on any atom is 0.161 e. The molecule has 0 spiro atoms. The van der Waals surface area contributed by atoms with Crippen molar-refractivity contribution in [2.75, 3.05) is 24.8 Å². The summed E-state index contributed by atoms with van der Waals surface area (Å²) in [4.78, 5) is 4.51. The summed E-state index contributed by atoms with van der Waals surface area (Å²) < 4.78 is 18.7. The number of nitrogens with one attached hydrogen (secondary N) is 1. The van der Waals surface area contributed by atoms with E-state index in [2.05, 4.69) is 10.3 Å². The van der Waals surface area contributed by atoms with Gasteiger partial charge in [0.05, 0.1) is 11.7 Å². The lowest BCUT2D eigenvalue weighted by atomic mass is 10.2. The van der Waals surface area contributed by atoms with Crippen molar-refractivity contribution in [3.05, 3.63) is 29.6 Å². The number of thioether (sulfide) groups is 1. The van der Waals surface area contributed by atoms with Crippen LogP contribution in [-0.2, 0) is 4.74 Å². The average Bonchev–Trinajstić information content (AvgIpc) is 2.78. The summed E-state index contributed by atoms with van der Waals surface area (Å²) in [5.41, 5.74) is 1.40. The van der Waals surface area contributed by atoms with Gasteiger partial charge in [0, 0.05) is 19.5 Å². The van der Waals surface area contributed by atoms with Crippen LogP contribution in [0.2, 0.25) is 0 Å². The minimum absolute atomic E-state index is 0.237. The number of nitrogens with zero attached hydrogens (tertiary/aromatic N) is 1. The van der Waals surface area contributed by atoms with Gasteiger partial charge in [0.25, 0.3) is 0 Å². The number of aliphatic imine (C=N–C) groups is 1. The van der Waals surface area contributed by atoms with Crippen molar-refractivity contribution < 1.29 is 9.13 Å². The van der Waals surface area contributed by atoms with E-state index in [-0.39, 0.29) is 11.9 Å². The largest absolute Gasteiger partial charge is 0.385 e. The summed E-state index contributed by atoms with van der Waals surface area (Å²) in [6, 6.07) is 5.42. The van der Waals surface area contributed by atoms with Crippen molar-refractivity contribution in [1.29, 1.82) is 0 Å². The second-order valence-electron chi connectivity index (χ2n) is 4.29. The molecule has 1 aliphatic heterocycles. The molecule has 0 fully saturated rings. The van der Waals surface area contributed by atoms with Crippen LogP contribution in [0.25, 0.3) is 0 Å². The molecule has 2 rings (SSSR count). The van der Waals surface area contributed by atoms with E-state index in [1.54, 1.807) is 24.9 Å². The third-order valence-corrected chi connectivity index (χ3v) is 3.77. The molecule has 5 heteroatoms. The van der Waals surface area contributed by atoms with Crippen LogP contribution in [0.1, 0.15) is 12.0 Å². The van der Waals surface area contributed by atoms with E-state index in [0.717, 1.165) is 22.9 Å². The standard InChI is InChI=1S/C13H17FN2OS/c1-9-3-4-12(11(14)7-9)16-13-15-10(8-18-13)5-6-17-2/h3-4,7,10H,5-6,8H2,1-2H3,(H,15,16). The fraction of sp³-hybridized carbons (Fsp3) is 0.462. The summed E-state index contributed by atoms with van der Waals surface area (Å²) in [5.74, 6) is 0.692. The number of rotatable bonds is 4. The molecule has 3 nitrogen and oxygen atoms in total. The fourth-order valence-corrected chi connectivity index (χ4v) is 2.72. The van der Waals surface area contributed by atoms with Gasteiger partial charge in [0.15, 0.2) is 5.17 Å². The predicted molar refractivity (Wildman–Crippen MR) is 74.9 cm³/mol. The highest BCUT2D eigenvalue weighted by Gasteiger charge is 2.18. The molecule has 98 valence electrons. The lowest BCUT2D eigenvalue weighted by Crippen LogP contribution is -2.08. The maximum absolute atomic E-state index is 13.7. The Hall–Kier alpha value is -1.07. The van der Waals surface area contributed by atoms with Crippen molar-refractivity contribution in [2.45, 2.75) is 19.4 Å². The van der Waals surface area contributed by atoms with Gasteiger partial charge in [-0.3, -0.25) is 4.99 Å². The molecule has 1 aliphatic rings. The van der Waals surface area contributed by atoms with Crippen molar-refractivity contribution in [2.24, 2.45) is 4.99 Å². The Morgan fingerprint density at radius 1 is 1.56 bits per heavy atom. The molecule has 0 saturated carbocycles. The van der Waals surface area contributed by atoms with Crippen LogP contribution in [0.3, 0.4) is 0 Å². The Labute approximate surface area is 111 Å². The number of anilines is 1. The van der Waals surface area contributed by atoms with E-state index in [4.69, 9.17) is 4.74 Å². The molecule has 0 bridgehead atoms. The van der Waals surface area contributed by atoms with Crippen LogP contribution in [-0.4, -0.2) is 30.7 Å². The first-order valence-corrected chi connectivity index (χ1v) is 6.90.